The number of aryl methyl sites for hydroxylation is 2. The average Bonchev–Trinajstić information content (AvgIpc) is 3.16. The van der Waals surface area contributed by atoms with Crippen molar-refractivity contribution in [2.75, 3.05) is 18.5 Å². The maximum absolute atomic E-state index is 12.5. The SMILES string of the molecule is CCOCc1c(C(=O)OCC(=O)Nc2c(C)nn(C)c2C)oc2ccccc12. The monoisotopic (exact) mass is 385 g/mol. The van der Waals surface area contributed by atoms with E-state index in [2.05, 4.69) is 10.4 Å². The van der Waals surface area contributed by atoms with Gasteiger partial charge in [0.25, 0.3) is 5.91 Å². The Kier molecular flexibility index (Phi) is 5.79. The second-order valence-electron chi connectivity index (χ2n) is 6.34. The van der Waals surface area contributed by atoms with Crippen molar-refractivity contribution in [1.29, 1.82) is 0 Å². The number of para-hydroxylation sites is 1. The molecular formula is C20H23N3O5. The van der Waals surface area contributed by atoms with Crippen molar-refractivity contribution in [3.05, 3.63) is 47.0 Å². The molecule has 0 radical (unpaired) electrons. The fraction of sp³-hybridized carbons (Fsp3) is 0.350. The summed E-state index contributed by atoms with van der Waals surface area (Å²) in [6.07, 6.45) is 0. The van der Waals surface area contributed by atoms with Gasteiger partial charge in [-0.3, -0.25) is 9.48 Å². The van der Waals surface area contributed by atoms with E-state index in [9.17, 15) is 9.59 Å². The number of hydrogen-bond donors (Lipinski definition) is 1. The highest BCUT2D eigenvalue weighted by Gasteiger charge is 2.23. The van der Waals surface area contributed by atoms with Crippen molar-refractivity contribution < 1.29 is 23.5 Å². The number of carbonyl (C=O) groups is 2. The van der Waals surface area contributed by atoms with Crippen molar-refractivity contribution in [3.8, 4) is 0 Å². The molecule has 3 rings (SSSR count). The third-order valence-corrected chi connectivity index (χ3v) is 4.44. The molecule has 1 N–H and O–H groups in total. The number of ether oxygens (including phenoxy) is 2. The minimum atomic E-state index is -0.708. The predicted molar refractivity (Wildman–Crippen MR) is 103 cm³/mol. The molecule has 0 saturated heterocycles. The van der Waals surface area contributed by atoms with E-state index < -0.39 is 18.5 Å². The molecule has 2 aromatic heterocycles. The summed E-state index contributed by atoms with van der Waals surface area (Å²) in [6, 6.07) is 7.29. The summed E-state index contributed by atoms with van der Waals surface area (Å²) >= 11 is 0. The van der Waals surface area contributed by atoms with Gasteiger partial charge in [0.1, 0.15) is 5.58 Å². The lowest BCUT2D eigenvalue weighted by Gasteiger charge is -2.07. The zero-order valence-electron chi connectivity index (χ0n) is 16.4. The molecule has 0 aliphatic carbocycles. The van der Waals surface area contributed by atoms with Gasteiger partial charge in [-0.25, -0.2) is 4.79 Å². The number of rotatable bonds is 7. The van der Waals surface area contributed by atoms with E-state index in [4.69, 9.17) is 13.9 Å². The lowest BCUT2D eigenvalue weighted by atomic mass is 10.1. The Bertz CT molecular complexity index is 1020. The van der Waals surface area contributed by atoms with Gasteiger partial charge < -0.3 is 19.2 Å². The van der Waals surface area contributed by atoms with Crippen LogP contribution in [0, 0.1) is 13.8 Å². The third-order valence-electron chi connectivity index (χ3n) is 4.44. The quantitative estimate of drug-likeness (QED) is 0.628. The summed E-state index contributed by atoms with van der Waals surface area (Å²) in [5, 5.41) is 7.75. The molecule has 3 aromatic rings. The first-order chi connectivity index (χ1) is 13.4. The van der Waals surface area contributed by atoms with Gasteiger partial charge in [-0.2, -0.15) is 5.10 Å². The number of aromatic nitrogens is 2. The van der Waals surface area contributed by atoms with Crippen LogP contribution in [0.5, 0.6) is 0 Å². The highest BCUT2D eigenvalue weighted by molar-refractivity contribution is 5.98. The molecule has 8 nitrogen and oxygen atoms in total. The van der Waals surface area contributed by atoms with E-state index in [1.807, 2.05) is 32.0 Å². The van der Waals surface area contributed by atoms with E-state index in [0.717, 1.165) is 11.1 Å². The molecule has 1 aromatic carbocycles. The molecule has 0 unspecified atom stereocenters. The molecule has 0 atom stereocenters. The van der Waals surface area contributed by atoms with Crippen molar-refractivity contribution in [1.82, 2.24) is 9.78 Å². The predicted octanol–water partition coefficient (Wildman–Crippen LogP) is 3.12. The molecule has 1 amide bonds. The summed E-state index contributed by atoms with van der Waals surface area (Å²) < 4.78 is 17.9. The molecule has 28 heavy (non-hydrogen) atoms. The average molecular weight is 385 g/mol. The second-order valence-corrected chi connectivity index (χ2v) is 6.34. The van der Waals surface area contributed by atoms with Crippen LogP contribution in [-0.4, -0.2) is 34.9 Å². The maximum atomic E-state index is 12.5. The molecule has 148 valence electrons. The summed E-state index contributed by atoms with van der Waals surface area (Å²) in [4.78, 5) is 24.7. The lowest BCUT2D eigenvalue weighted by molar-refractivity contribution is -0.119. The number of nitrogens with zero attached hydrogens (tertiary/aromatic N) is 2. The summed E-state index contributed by atoms with van der Waals surface area (Å²) in [5.41, 5.74) is 3.30. The molecule has 0 bridgehead atoms. The largest absolute Gasteiger partial charge is 0.450 e. The molecular weight excluding hydrogens is 362 g/mol. The zero-order chi connectivity index (χ0) is 20.3. The Morgan fingerprint density at radius 1 is 1.25 bits per heavy atom. The Morgan fingerprint density at radius 2 is 2.00 bits per heavy atom. The van der Waals surface area contributed by atoms with E-state index in [0.29, 0.717) is 29.1 Å². The molecule has 0 spiro atoms. The van der Waals surface area contributed by atoms with Crippen LogP contribution in [0.2, 0.25) is 0 Å². The van der Waals surface area contributed by atoms with Gasteiger partial charge >= 0.3 is 5.97 Å². The smallest absolute Gasteiger partial charge is 0.375 e. The van der Waals surface area contributed by atoms with Gasteiger partial charge in [0.05, 0.1) is 23.7 Å². The van der Waals surface area contributed by atoms with Crippen LogP contribution < -0.4 is 5.32 Å². The first-order valence-corrected chi connectivity index (χ1v) is 8.97. The highest BCUT2D eigenvalue weighted by Crippen LogP contribution is 2.27. The molecule has 0 aliphatic rings. The van der Waals surface area contributed by atoms with Crippen molar-refractivity contribution >= 4 is 28.5 Å². The Hall–Kier alpha value is -3.13. The number of anilines is 1. The fourth-order valence-corrected chi connectivity index (χ4v) is 2.94. The lowest BCUT2D eigenvalue weighted by Crippen LogP contribution is -2.21. The van der Waals surface area contributed by atoms with Crippen LogP contribution in [0.25, 0.3) is 11.0 Å². The van der Waals surface area contributed by atoms with E-state index in [-0.39, 0.29) is 12.4 Å². The normalized spacial score (nSPS) is 11.0. The minimum absolute atomic E-state index is 0.0520. The molecule has 0 fully saturated rings. The van der Waals surface area contributed by atoms with Crippen molar-refractivity contribution in [2.45, 2.75) is 27.4 Å². The van der Waals surface area contributed by atoms with Crippen LogP contribution in [0.1, 0.15) is 34.4 Å². The van der Waals surface area contributed by atoms with E-state index in [1.165, 1.54) is 0 Å². The molecule has 8 heteroatoms. The van der Waals surface area contributed by atoms with Crippen LogP contribution in [-0.2, 0) is 27.9 Å². The highest BCUT2D eigenvalue weighted by atomic mass is 16.5. The third kappa shape index (κ3) is 3.91. The van der Waals surface area contributed by atoms with E-state index >= 15 is 0 Å². The maximum Gasteiger partial charge on any atom is 0.375 e. The van der Waals surface area contributed by atoms with Gasteiger partial charge in [-0.05, 0) is 26.8 Å². The molecule has 0 aliphatic heterocycles. The van der Waals surface area contributed by atoms with Gasteiger partial charge in [0.2, 0.25) is 5.76 Å². The molecule has 0 saturated carbocycles. The van der Waals surface area contributed by atoms with Crippen LogP contribution >= 0.6 is 0 Å². The number of benzene rings is 1. The standard InChI is InChI=1S/C20H23N3O5/c1-5-26-10-15-14-8-6-7-9-16(14)28-19(15)20(25)27-11-17(24)21-18-12(2)22-23(4)13(18)3/h6-9H,5,10-11H2,1-4H3,(H,21,24). The van der Waals surface area contributed by atoms with Crippen LogP contribution in [0.15, 0.2) is 28.7 Å². The Labute approximate surface area is 162 Å². The summed E-state index contributed by atoms with van der Waals surface area (Å²) in [6.45, 7) is 5.79. The number of hydrogen-bond acceptors (Lipinski definition) is 6. The number of fused-ring (bicyclic) bond motifs is 1. The fourth-order valence-electron chi connectivity index (χ4n) is 2.94. The van der Waals surface area contributed by atoms with Crippen molar-refractivity contribution in [3.63, 3.8) is 0 Å². The summed E-state index contributed by atoms with van der Waals surface area (Å²) in [5.74, 6) is -1.10. The number of amides is 1. The number of esters is 1. The van der Waals surface area contributed by atoms with Gasteiger partial charge in [0, 0.05) is 24.6 Å². The Morgan fingerprint density at radius 3 is 2.68 bits per heavy atom. The van der Waals surface area contributed by atoms with Crippen LogP contribution in [0.4, 0.5) is 5.69 Å². The van der Waals surface area contributed by atoms with Crippen molar-refractivity contribution in [2.24, 2.45) is 7.05 Å². The Balaban J connectivity index is 1.71. The summed E-state index contributed by atoms with van der Waals surface area (Å²) in [7, 11) is 1.79. The second kappa shape index (κ2) is 8.26. The van der Waals surface area contributed by atoms with E-state index in [1.54, 1.807) is 24.7 Å². The zero-order valence-corrected chi connectivity index (χ0v) is 16.4. The van der Waals surface area contributed by atoms with Gasteiger partial charge in [-0.1, -0.05) is 18.2 Å². The van der Waals surface area contributed by atoms with Gasteiger partial charge in [0.15, 0.2) is 6.61 Å². The number of nitrogens with one attached hydrogen (secondary N) is 1. The first kappa shape index (κ1) is 19.6. The first-order valence-electron chi connectivity index (χ1n) is 8.97. The van der Waals surface area contributed by atoms with Crippen LogP contribution in [0.3, 0.4) is 0 Å². The minimum Gasteiger partial charge on any atom is -0.450 e. The number of carbonyl (C=O) groups excluding carboxylic acids is 2. The van der Waals surface area contributed by atoms with Gasteiger partial charge in [-0.15, -0.1) is 0 Å². The molecule has 2 heterocycles. The topological polar surface area (TPSA) is 95.6 Å². The number of furan rings is 1.